The highest BCUT2D eigenvalue weighted by atomic mass is 32.1. The topological polar surface area (TPSA) is 72.3 Å². The number of thiazole rings is 1. The minimum Gasteiger partial charge on any atom is -0.378 e. The Kier molecular flexibility index (Phi) is 4.92. The van der Waals surface area contributed by atoms with Gasteiger partial charge in [-0.2, -0.15) is 5.10 Å². The molecule has 2 aromatic heterocycles. The molecule has 0 radical (unpaired) electrons. The van der Waals surface area contributed by atoms with Crippen LogP contribution in [0, 0.1) is 0 Å². The number of urea groups is 1. The van der Waals surface area contributed by atoms with Gasteiger partial charge in [-0.15, -0.1) is 11.3 Å². The maximum Gasteiger partial charge on any atom is 0.324 e. The molecule has 3 rings (SSSR count). The molecule has 2 amide bonds. The number of anilines is 1. The van der Waals surface area contributed by atoms with Crippen LogP contribution in [0.5, 0.6) is 0 Å². The Hall–Kier alpha value is -1.93. The summed E-state index contributed by atoms with van der Waals surface area (Å²) in [5.41, 5.74) is 1.90. The highest BCUT2D eigenvalue weighted by Gasteiger charge is 2.30. The molecule has 0 aromatic carbocycles. The Morgan fingerprint density at radius 3 is 3.13 bits per heavy atom. The Balaban J connectivity index is 1.72. The predicted molar refractivity (Wildman–Crippen MR) is 88.4 cm³/mol. The minimum atomic E-state index is -0.103. The number of nitrogens with zero attached hydrogens (tertiary/aromatic N) is 4. The molecule has 23 heavy (non-hydrogen) atoms. The van der Waals surface area contributed by atoms with Crippen molar-refractivity contribution in [2.45, 2.75) is 31.9 Å². The predicted octanol–water partition coefficient (Wildman–Crippen LogP) is 2.78. The Morgan fingerprint density at radius 1 is 1.52 bits per heavy atom. The van der Waals surface area contributed by atoms with E-state index in [0.29, 0.717) is 11.7 Å². The summed E-state index contributed by atoms with van der Waals surface area (Å²) in [6.07, 6.45) is 4.88. The molecule has 1 aliphatic heterocycles. The number of carbonyl (C=O) groups excluding carboxylic acids is 1. The first-order valence-corrected chi connectivity index (χ1v) is 8.56. The van der Waals surface area contributed by atoms with Crippen molar-refractivity contribution in [3.05, 3.63) is 29.0 Å². The number of aryl methyl sites for hydroxylation is 1. The van der Waals surface area contributed by atoms with Crippen molar-refractivity contribution in [3.8, 4) is 0 Å². The zero-order valence-corrected chi connectivity index (χ0v) is 14.2. The SMILES string of the molecule is COCc1csc(NC(=O)N2CCCC[C@H]2c2ccnn2C)n1. The van der Waals surface area contributed by atoms with Crippen LogP contribution in [0.25, 0.3) is 0 Å². The number of carbonyl (C=O) groups is 1. The normalized spacial score (nSPS) is 18.2. The van der Waals surface area contributed by atoms with E-state index in [4.69, 9.17) is 4.74 Å². The van der Waals surface area contributed by atoms with Gasteiger partial charge in [-0.1, -0.05) is 0 Å². The first-order chi connectivity index (χ1) is 11.2. The Bertz CT molecular complexity index is 668. The van der Waals surface area contributed by atoms with Crippen LogP contribution < -0.4 is 5.32 Å². The summed E-state index contributed by atoms with van der Waals surface area (Å²) in [4.78, 5) is 18.9. The summed E-state index contributed by atoms with van der Waals surface area (Å²) in [6.45, 7) is 1.20. The van der Waals surface area contributed by atoms with E-state index >= 15 is 0 Å². The van der Waals surface area contributed by atoms with Gasteiger partial charge in [-0.3, -0.25) is 10.00 Å². The van der Waals surface area contributed by atoms with E-state index in [2.05, 4.69) is 15.4 Å². The summed E-state index contributed by atoms with van der Waals surface area (Å²) < 4.78 is 6.90. The molecule has 2 aromatic rings. The van der Waals surface area contributed by atoms with Gasteiger partial charge < -0.3 is 9.64 Å². The van der Waals surface area contributed by atoms with Crippen molar-refractivity contribution < 1.29 is 9.53 Å². The molecule has 7 nitrogen and oxygen atoms in total. The molecule has 0 spiro atoms. The van der Waals surface area contributed by atoms with Crippen LogP contribution in [-0.4, -0.2) is 39.4 Å². The number of rotatable bonds is 4. The van der Waals surface area contributed by atoms with Gasteiger partial charge in [0.05, 0.1) is 24.0 Å². The highest BCUT2D eigenvalue weighted by Crippen LogP contribution is 2.31. The van der Waals surface area contributed by atoms with Gasteiger partial charge in [0.25, 0.3) is 0 Å². The van der Waals surface area contributed by atoms with Gasteiger partial charge in [-0.25, -0.2) is 9.78 Å². The van der Waals surface area contributed by atoms with Crippen molar-refractivity contribution in [3.63, 3.8) is 0 Å². The molecule has 3 heterocycles. The number of hydrogen-bond acceptors (Lipinski definition) is 5. The maximum atomic E-state index is 12.7. The Labute approximate surface area is 139 Å². The van der Waals surface area contributed by atoms with E-state index in [1.54, 1.807) is 13.3 Å². The van der Waals surface area contributed by atoms with E-state index < -0.39 is 0 Å². The smallest absolute Gasteiger partial charge is 0.324 e. The average Bonchev–Trinajstić information content (AvgIpc) is 3.17. The first kappa shape index (κ1) is 15.9. The quantitative estimate of drug-likeness (QED) is 0.932. The summed E-state index contributed by atoms with van der Waals surface area (Å²) in [5.74, 6) is 0. The van der Waals surface area contributed by atoms with Crippen LogP contribution in [0.1, 0.15) is 36.7 Å². The standard InChI is InChI=1S/C15H21N5O2S/c1-19-12(6-7-16-19)13-5-3-4-8-20(13)15(21)18-14-17-11(9-22-2)10-23-14/h6-7,10,13H,3-5,8-9H2,1-2H3,(H,17,18,21)/t13-/m0/s1. The minimum absolute atomic E-state index is 0.0645. The van der Waals surface area contributed by atoms with E-state index in [-0.39, 0.29) is 12.1 Å². The second-order valence-corrected chi connectivity index (χ2v) is 6.45. The van der Waals surface area contributed by atoms with Crippen molar-refractivity contribution in [1.29, 1.82) is 0 Å². The van der Waals surface area contributed by atoms with E-state index in [1.807, 2.05) is 28.1 Å². The second kappa shape index (κ2) is 7.10. The molecule has 1 atom stereocenters. The fraction of sp³-hybridized carbons (Fsp3) is 0.533. The average molecular weight is 335 g/mol. The molecule has 0 unspecified atom stereocenters. The fourth-order valence-corrected chi connectivity index (χ4v) is 3.62. The summed E-state index contributed by atoms with van der Waals surface area (Å²) in [6, 6.07) is 1.94. The van der Waals surface area contributed by atoms with Crippen LogP contribution in [-0.2, 0) is 18.4 Å². The first-order valence-electron chi connectivity index (χ1n) is 7.68. The number of aromatic nitrogens is 3. The zero-order valence-electron chi connectivity index (χ0n) is 13.4. The number of amides is 2. The summed E-state index contributed by atoms with van der Waals surface area (Å²) in [7, 11) is 3.54. The lowest BCUT2D eigenvalue weighted by molar-refractivity contribution is 0.159. The summed E-state index contributed by atoms with van der Waals surface area (Å²) >= 11 is 1.42. The van der Waals surface area contributed by atoms with Crippen LogP contribution in [0.15, 0.2) is 17.6 Å². The third kappa shape index (κ3) is 3.53. The van der Waals surface area contributed by atoms with Crippen molar-refractivity contribution in [1.82, 2.24) is 19.7 Å². The monoisotopic (exact) mass is 335 g/mol. The van der Waals surface area contributed by atoms with E-state index in [9.17, 15) is 4.79 Å². The lowest BCUT2D eigenvalue weighted by atomic mass is 10.00. The van der Waals surface area contributed by atoms with Gasteiger partial charge in [0, 0.05) is 32.3 Å². The van der Waals surface area contributed by atoms with Gasteiger partial charge in [0.1, 0.15) is 0 Å². The molecule has 124 valence electrons. The largest absolute Gasteiger partial charge is 0.378 e. The highest BCUT2D eigenvalue weighted by molar-refractivity contribution is 7.13. The van der Waals surface area contributed by atoms with E-state index in [1.165, 1.54) is 11.3 Å². The zero-order chi connectivity index (χ0) is 16.2. The van der Waals surface area contributed by atoms with Crippen molar-refractivity contribution in [2.75, 3.05) is 19.0 Å². The number of ether oxygens (including phenoxy) is 1. The molecular weight excluding hydrogens is 314 g/mol. The lowest BCUT2D eigenvalue weighted by Crippen LogP contribution is -2.41. The molecule has 0 bridgehead atoms. The van der Waals surface area contributed by atoms with Crippen LogP contribution >= 0.6 is 11.3 Å². The maximum absolute atomic E-state index is 12.7. The molecule has 0 saturated carbocycles. The molecule has 1 N–H and O–H groups in total. The molecule has 0 aliphatic carbocycles. The van der Waals surface area contributed by atoms with E-state index in [0.717, 1.165) is 37.2 Å². The molecule has 1 fully saturated rings. The van der Waals surface area contributed by atoms with Gasteiger partial charge in [-0.05, 0) is 25.3 Å². The number of methoxy groups -OCH3 is 1. The fourth-order valence-electron chi connectivity index (χ4n) is 2.93. The molecule has 1 aliphatic rings. The third-order valence-corrected chi connectivity index (χ3v) is 4.83. The second-order valence-electron chi connectivity index (χ2n) is 5.59. The van der Waals surface area contributed by atoms with Crippen molar-refractivity contribution in [2.24, 2.45) is 7.05 Å². The van der Waals surface area contributed by atoms with Crippen molar-refractivity contribution >= 4 is 22.5 Å². The molecule has 8 heteroatoms. The number of hydrogen-bond donors (Lipinski definition) is 1. The summed E-state index contributed by atoms with van der Waals surface area (Å²) in [5, 5.41) is 9.64. The molecule has 1 saturated heterocycles. The molecular formula is C15H21N5O2S. The van der Waals surface area contributed by atoms with Gasteiger partial charge in [0.15, 0.2) is 5.13 Å². The number of likely N-dealkylation sites (tertiary alicyclic amines) is 1. The van der Waals surface area contributed by atoms with Gasteiger partial charge >= 0.3 is 6.03 Å². The van der Waals surface area contributed by atoms with Crippen LogP contribution in [0.3, 0.4) is 0 Å². The van der Waals surface area contributed by atoms with Gasteiger partial charge in [0.2, 0.25) is 0 Å². The third-order valence-electron chi connectivity index (χ3n) is 4.02. The Morgan fingerprint density at radius 2 is 2.39 bits per heavy atom. The lowest BCUT2D eigenvalue weighted by Gasteiger charge is -2.35. The number of nitrogens with one attached hydrogen (secondary N) is 1. The number of piperidine rings is 1. The van der Waals surface area contributed by atoms with Crippen LogP contribution in [0.2, 0.25) is 0 Å². The van der Waals surface area contributed by atoms with Crippen LogP contribution in [0.4, 0.5) is 9.93 Å².